The average Bonchev–Trinajstić information content (AvgIpc) is 4.24. The van der Waals surface area contributed by atoms with Gasteiger partial charge in [-0.2, -0.15) is 15.3 Å². The summed E-state index contributed by atoms with van der Waals surface area (Å²) in [5, 5.41) is 26.1. The molecule has 12 rings (SSSR count). The van der Waals surface area contributed by atoms with E-state index in [4.69, 9.17) is 14.2 Å². The lowest BCUT2D eigenvalue weighted by atomic mass is 10.1. The number of aromatic amines is 6. The predicted molar refractivity (Wildman–Crippen MR) is 264 cm³/mol. The van der Waals surface area contributed by atoms with Crippen molar-refractivity contribution in [1.29, 1.82) is 0 Å². The standard InChI is InChI=1S/C15H12N4O.C14H14N4O2.C14H16N4.C8H11N/c1-20-9-6-7-12-13(8-9)17-15(16-12)14-10-4-2-3-5-11(10)18-19-14;1-2-8-7-10(18-17-8)14-15-9-3-4-11-13(12(9)16-14)20-6-5-19-11;1-4-10-7-13(18-17-10)14-15-11-5-8(2)9(3)6-12(11)16-14;1-9-7-8-5-3-2-4-6-8/h2-8H,1H3,(H,16,17)(H,18,19);3-4,7H,2,5-6H2,1H3,(H,15,16)(H,17,18);5-7H,4H2,1-3H3,(H,15,16)(H,17,18);2-6,9H,7H2,1H3. The van der Waals surface area contributed by atoms with Crippen LogP contribution in [0, 0.1) is 13.8 Å². The number of ether oxygens (including phenoxy) is 3. The molecule has 340 valence electrons. The number of imidazole rings is 3. The van der Waals surface area contributed by atoms with Gasteiger partial charge in [0.25, 0.3) is 0 Å². The summed E-state index contributed by atoms with van der Waals surface area (Å²) in [5.41, 5.74) is 15.2. The summed E-state index contributed by atoms with van der Waals surface area (Å²) in [5.74, 6) is 4.58. The first-order chi connectivity index (χ1) is 32.8. The summed E-state index contributed by atoms with van der Waals surface area (Å²) >= 11 is 0. The fourth-order valence-corrected chi connectivity index (χ4v) is 7.59. The maximum Gasteiger partial charge on any atom is 0.189 e. The van der Waals surface area contributed by atoms with Crippen molar-refractivity contribution in [2.24, 2.45) is 0 Å². The number of methoxy groups -OCH3 is 1. The molecule has 16 nitrogen and oxygen atoms in total. The Kier molecular flexibility index (Phi) is 13.0. The van der Waals surface area contributed by atoms with Crippen LogP contribution in [-0.2, 0) is 19.4 Å². The molecule has 0 aliphatic carbocycles. The highest BCUT2D eigenvalue weighted by Crippen LogP contribution is 2.37. The van der Waals surface area contributed by atoms with Crippen LogP contribution in [-0.4, -0.2) is 87.9 Å². The summed E-state index contributed by atoms with van der Waals surface area (Å²) < 4.78 is 16.5. The SMILES string of the molecule is CCc1cc(-c2nc3c4c(ccc3[nH]2)OCCO4)n[nH]1.CCc1cc(-c2nc3cc(C)c(C)cc3[nH]2)n[nH]1.CNCc1ccccc1.COc1ccc2nc(-c3n[nH]c4ccccc34)[nH]c2c1. The zero-order valence-corrected chi connectivity index (χ0v) is 38.3. The molecule has 0 fully saturated rings. The number of hydrogen-bond donors (Lipinski definition) is 7. The van der Waals surface area contributed by atoms with Crippen molar-refractivity contribution in [3.8, 4) is 51.8 Å². The lowest BCUT2D eigenvalue weighted by Crippen LogP contribution is -2.15. The van der Waals surface area contributed by atoms with E-state index in [1.807, 2.05) is 92.0 Å². The molecule has 7 heterocycles. The van der Waals surface area contributed by atoms with E-state index in [1.54, 1.807) is 7.11 Å². The Morgan fingerprint density at radius 2 is 1.25 bits per heavy atom. The van der Waals surface area contributed by atoms with Gasteiger partial charge >= 0.3 is 0 Å². The van der Waals surface area contributed by atoms with Gasteiger partial charge in [-0.05, 0) is 105 Å². The first-order valence-electron chi connectivity index (χ1n) is 22.3. The van der Waals surface area contributed by atoms with Crippen LogP contribution in [0.5, 0.6) is 17.2 Å². The number of nitrogens with zero attached hydrogens (tertiary/aromatic N) is 6. The first-order valence-corrected chi connectivity index (χ1v) is 22.3. The molecule has 0 bridgehead atoms. The molecule has 11 aromatic rings. The van der Waals surface area contributed by atoms with Gasteiger partial charge in [0.2, 0.25) is 0 Å². The van der Waals surface area contributed by atoms with Gasteiger partial charge in [-0.1, -0.05) is 62.4 Å². The highest BCUT2D eigenvalue weighted by atomic mass is 16.6. The Balaban J connectivity index is 0.000000116. The zero-order chi connectivity index (χ0) is 46.3. The van der Waals surface area contributed by atoms with Gasteiger partial charge in [-0.25, -0.2) is 15.0 Å². The first kappa shape index (κ1) is 44.0. The molecule has 0 amide bonds. The van der Waals surface area contributed by atoms with Crippen LogP contribution >= 0.6 is 0 Å². The molecule has 0 radical (unpaired) electrons. The Hall–Kier alpha value is -8.24. The van der Waals surface area contributed by atoms with Crippen LogP contribution in [0.15, 0.2) is 109 Å². The number of aryl methyl sites for hydroxylation is 4. The molecular formula is C51H53N13O3. The summed E-state index contributed by atoms with van der Waals surface area (Å²) in [4.78, 5) is 23.7. The number of hydrogen-bond acceptors (Lipinski definition) is 10. The number of nitrogens with one attached hydrogen (secondary N) is 7. The van der Waals surface area contributed by atoms with Crippen LogP contribution in [0.2, 0.25) is 0 Å². The third kappa shape index (κ3) is 9.74. The topological polar surface area (TPSA) is 212 Å². The van der Waals surface area contributed by atoms with Crippen LogP contribution in [0.4, 0.5) is 0 Å². The molecule has 0 saturated carbocycles. The molecular weight excluding hydrogens is 843 g/mol. The largest absolute Gasteiger partial charge is 0.497 e. The highest BCUT2D eigenvalue weighted by Gasteiger charge is 2.19. The van der Waals surface area contributed by atoms with E-state index in [-0.39, 0.29) is 0 Å². The molecule has 0 saturated heterocycles. The second kappa shape index (κ2) is 19.9. The molecule has 16 heteroatoms. The highest BCUT2D eigenvalue weighted by molar-refractivity contribution is 5.93. The molecule has 6 aromatic heterocycles. The number of aromatic nitrogens is 12. The third-order valence-corrected chi connectivity index (χ3v) is 11.4. The minimum absolute atomic E-state index is 0.552. The van der Waals surface area contributed by atoms with Crippen LogP contribution in [0.1, 0.15) is 41.9 Å². The van der Waals surface area contributed by atoms with Crippen molar-refractivity contribution >= 4 is 44.0 Å². The van der Waals surface area contributed by atoms with Gasteiger partial charge in [0.05, 0.1) is 40.2 Å². The molecule has 67 heavy (non-hydrogen) atoms. The maximum atomic E-state index is 5.68. The van der Waals surface area contributed by atoms with Gasteiger partial charge in [0.15, 0.2) is 29.0 Å². The molecule has 1 aliphatic rings. The van der Waals surface area contributed by atoms with Crippen molar-refractivity contribution in [1.82, 2.24) is 65.8 Å². The van der Waals surface area contributed by atoms with Gasteiger partial charge in [-0.15, -0.1) is 0 Å². The number of para-hydroxylation sites is 1. The number of rotatable bonds is 8. The lowest BCUT2D eigenvalue weighted by molar-refractivity contribution is 0.173. The minimum atomic E-state index is 0.552. The van der Waals surface area contributed by atoms with E-state index < -0.39 is 0 Å². The van der Waals surface area contributed by atoms with E-state index in [2.05, 4.69) is 118 Å². The van der Waals surface area contributed by atoms with Gasteiger partial charge in [-0.3, -0.25) is 15.3 Å². The number of H-pyrrole nitrogens is 6. The van der Waals surface area contributed by atoms with Crippen LogP contribution in [0.3, 0.4) is 0 Å². The molecule has 0 unspecified atom stereocenters. The van der Waals surface area contributed by atoms with E-state index in [0.717, 1.165) is 121 Å². The van der Waals surface area contributed by atoms with E-state index in [0.29, 0.717) is 19.0 Å². The van der Waals surface area contributed by atoms with Crippen molar-refractivity contribution in [3.05, 3.63) is 137 Å². The Labute approximate surface area is 386 Å². The van der Waals surface area contributed by atoms with E-state index in [9.17, 15) is 0 Å². The smallest absolute Gasteiger partial charge is 0.189 e. The molecule has 0 atom stereocenters. The molecule has 1 aliphatic heterocycles. The lowest BCUT2D eigenvalue weighted by Gasteiger charge is -2.17. The van der Waals surface area contributed by atoms with Crippen molar-refractivity contribution in [2.75, 3.05) is 27.4 Å². The fourth-order valence-electron chi connectivity index (χ4n) is 7.59. The van der Waals surface area contributed by atoms with Gasteiger partial charge in [0.1, 0.15) is 41.6 Å². The van der Waals surface area contributed by atoms with Crippen LogP contribution in [0.25, 0.3) is 78.6 Å². The Bertz CT molecular complexity index is 3350. The van der Waals surface area contributed by atoms with E-state index in [1.165, 1.54) is 16.7 Å². The van der Waals surface area contributed by atoms with Crippen molar-refractivity contribution in [2.45, 2.75) is 47.1 Å². The zero-order valence-electron chi connectivity index (χ0n) is 38.3. The third-order valence-electron chi connectivity index (χ3n) is 11.4. The Morgan fingerprint density at radius 1 is 0.597 bits per heavy atom. The Morgan fingerprint density at radius 3 is 1.99 bits per heavy atom. The average molecular weight is 896 g/mol. The second-order valence-corrected chi connectivity index (χ2v) is 16.0. The molecule has 5 aromatic carbocycles. The summed E-state index contributed by atoms with van der Waals surface area (Å²) in [6.07, 6.45) is 1.87. The quantitative estimate of drug-likeness (QED) is 0.0767. The normalized spacial score (nSPS) is 11.8. The summed E-state index contributed by atoms with van der Waals surface area (Å²) in [6.45, 7) is 10.5. The van der Waals surface area contributed by atoms with E-state index >= 15 is 0 Å². The summed E-state index contributed by atoms with van der Waals surface area (Å²) in [6, 6.07) is 36.2. The van der Waals surface area contributed by atoms with Gasteiger partial charge in [0, 0.05) is 29.4 Å². The minimum Gasteiger partial charge on any atom is -0.497 e. The molecule has 7 N–H and O–H groups in total. The number of benzene rings is 5. The second-order valence-electron chi connectivity index (χ2n) is 16.0. The monoisotopic (exact) mass is 895 g/mol. The van der Waals surface area contributed by atoms with Crippen molar-refractivity contribution < 1.29 is 14.2 Å². The van der Waals surface area contributed by atoms with Gasteiger partial charge < -0.3 is 34.5 Å². The van der Waals surface area contributed by atoms with Crippen molar-refractivity contribution in [3.63, 3.8) is 0 Å². The molecule has 0 spiro atoms. The predicted octanol–water partition coefficient (Wildman–Crippen LogP) is 9.94. The number of fused-ring (bicyclic) bond motifs is 6. The van der Waals surface area contributed by atoms with Crippen LogP contribution < -0.4 is 19.5 Å². The maximum absolute atomic E-state index is 5.68. The fraction of sp³-hybridized carbons (Fsp3) is 0.216. The summed E-state index contributed by atoms with van der Waals surface area (Å²) in [7, 11) is 3.60.